The summed E-state index contributed by atoms with van der Waals surface area (Å²) >= 11 is 1.32. The summed E-state index contributed by atoms with van der Waals surface area (Å²) in [5.74, 6) is 0. The van der Waals surface area contributed by atoms with E-state index in [2.05, 4.69) is 21.4 Å². The summed E-state index contributed by atoms with van der Waals surface area (Å²) in [5.41, 5.74) is 8.74. The molecule has 15 heavy (non-hydrogen) atoms. The SMILES string of the molecule is CCc1nn(-c2ncns2)c(CC)c1N. The highest BCUT2D eigenvalue weighted by molar-refractivity contribution is 7.07. The van der Waals surface area contributed by atoms with E-state index >= 15 is 0 Å². The minimum atomic E-state index is 0.776. The zero-order valence-corrected chi connectivity index (χ0v) is 9.58. The Bertz CT molecular complexity index is 445. The zero-order valence-electron chi connectivity index (χ0n) is 8.77. The number of nitrogen functional groups attached to an aromatic ring is 1. The van der Waals surface area contributed by atoms with Crippen LogP contribution in [0.25, 0.3) is 5.13 Å². The number of nitrogens with zero attached hydrogens (tertiary/aromatic N) is 4. The van der Waals surface area contributed by atoms with E-state index in [1.165, 1.54) is 17.9 Å². The molecule has 0 aliphatic carbocycles. The smallest absolute Gasteiger partial charge is 0.230 e. The molecule has 0 saturated heterocycles. The van der Waals surface area contributed by atoms with Gasteiger partial charge in [0.1, 0.15) is 6.33 Å². The summed E-state index contributed by atoms with van der Waals surface area (Å²) in [6.07, 6.45) is 3.21. The fourth-order valence-electron chi connectivity index (χ4n) is 1.54. The Morgan fingerprint density at radius 1 is 1.40 bits per heavy atom. The van der Waals surface area contributed by atoms with E-state index in [1.54, 1.807) is 4.68 Å². The van der Waals surface area contributed by atoms with Gasteiger partial charge in [-0.05, 0) is 12.8 Å². The lowest BCUT2D eigenvalue weighted by molar-refractivity contribution is 0.788. The third-order valence-corrected chi connectivity index (χ3v) is 2.94. The number of aryl methyl sites for hydroxylation is 1. The molecule has 2 N–H and O–H groups in total. The Kier molecular flexibility index (Phi) is 2.68. The number of hydrogen-bond donors (Lipinski definition) is 1. The topological polar surface area (TPSA) is 69.6 Å². The Balaban J connectivity index is 2.56. The Labute approximate surface area is 92.1 Å². The Hall–Kier alpha value is -1.43. The molecule has 0 saturated carbocycles. The summed E-state index contributed by atoms with van der Waals surface area (Å²) in [5, 5.41) is 5.22. The number of nitrogens with two attached hydrogens (primary N) is 1. The molecule has 6 heteroatoms. The number of aromatic nitrogens is 4. The van der Waals surface area contributed by atoms with Gasteiger partial charge in [0.25, 0.3) is 0 Å². The summed E-state index contributed by atoms with van der Waals surface area (Å²) in [7, 11) is 0. The zero-order chi connectivity index (χ0) is 10.8. The van der Waals surface area contributed by atoms with Gasteiger partial charge in [-0.25, -0.2) is 9.67 Å². The van der Waals surface area contributed by atoms with Crippen molar-refractivity contribution in [2.45, 2.75) is 26.7 Å². The highest BCUT2D eigenvalue weighted by atomic mass is 32.1. The molecule has 0 spiro atoms. The lowest BCUT2D eigenvalue weighted by atomic mass is 10.2. The van der Waals surface area contributed by atoms with E-state index in [-0.39, 0.29) is 0 Å². The van der Waals surface area contributed by atoms with E-state index in [4.69, 9.17) is 5.73 Å². The first-order valence-electron chi connectivity index (χ1n) is 4.91. The maximum atomic E-state index is 6.00. The number of rotatable bonds is 3. The molecule has 0 fully saturated rings. The maximum Gasteiger partial charge on any atom is 0.230 e. The van der Waals surface area contributed by atoms with Gasteiger partial charge < -0.3 is 5.73 Å². The van der Waals surface area contributed by atoms with E-state index in [1.807, 2.05) is 6.92 Å². The predicted octanol–water partition coefficient (Wildman–Crippen LogP) is 1.43. The molecule has 2 aromatic rings. The van der Waals surface area contributed by atoms with Crippen LogP contribution in [0.3, 0.4) is 0 Å². The maximum absolute atomic E-state index is 6.00. The molecule has 0 aromatic carbocycles. The van der Waals surface area contributed by atoms with E-state index in [0.717, 1.165) is 35.0 Å². The van der Waals surface area contributed by atoms with E-state index < -0.39 is 0 Å². The quantitative estimate of drug-likeness (QED) is 0.854. The van der Waals surface area contributed by atoms with E-state index in [0.29, 0.717) is 0 Å². The highest BCUT2D eigenvalue weighted by Crippen LogP contribution is 2.22. The van der Waals surface area contributed by atoms with Crippen LogP contribution in [-0.2, 0) is 12.8 Å². The van der Waals surface area contributed by atoms with Gasteiger partial charge in [-0.3, -0.25) is 0 Å². The van der Waals surface area contributed by atoms with Crippen molar-refractivity contribution < 1.29 is 0 Å². The summed E-state index contributed by atoms with van der Waals surface area (Å²) in [6, 6.07) is 0. The second-order valence-electron chi connectivity index (χ2n) is 3.15. The van der Waals surface area contributed by atoms with Crippen LogP contribution in [0.5, 0.6) is 0 Å². The predicted molar refractivity (Wildman–Crippen MR) is 60.2 cm³/mol. The molecule has 2 heterocycles. The molecular formula is C9H13N5S. The summed E-state index contributed by atoms with van der Waals surface area (Å²) in [6.45, 7) is 4.10. The van der Waals surface area contributed by atoms with Gasteiger partial charge in [-0.1, -0.05) is 13.8 Å². The van der Waals surface area contributed by atoms with Gasteiger partial charge in [0.2, 0.25) is 5.13 Å². The molecule has 0 radical (unpaired) electrons. The van der Waals surface area contributed by atoms with Crippen molar-refractivity contribution in [2.75, 3.05) is 5.73 Å². The van der Waals surface area contributed by atoms with Crippen LogP contribution in [0.1, 0.15) is 25.2 Å². The van der Waals surface area contributed by atoms with Crippen LogP contribution in [0.2, 0.25) is 0 Å². The van der Waals surface area contributed by atoms with Gasteiger partial charge >= 0.3 is 0 Å². The molecule has 0 unspecified atom stereocenters. The second kappa shape index (κ2) is 3.98. The first-order valence-corrected chi connectivity index (χ1v) is 5.68. The van der Waals surface area contributed by atoms with Crippen molar-refractivity contribution in [1.82, 2.24) is 19.1 Å². The van der Waals surface area contributed by atoms with Crippen molar-refractivity contribution in [3.8, 4) is 5.13 Å². The highest BCUT2D eigenvalue weighted by Gasteiger charge is 2.15. The molecule has 0 atom stereocenters. The fourth-order valence-corrected chi connectivity index (χ4v) is 2.05. The third-order valence-electron chi connectivity index (χ3n) is 2.30. The molecule has 0 aliphatic heterocycles. The molecule has 0 bridgehead atoms. The Morgan fingerprint density at radius 3 is 2.73 bits per heavy atom. The number of hydrogen-bond acceptors (Lipinski definition) is 5. The third kappa shape index (κ3) is 1.61. The normalized spacial score (nSPS) is 10.8. The molecule has 2 aromatic heterocycles. The van der Waals surface area contributed by atoms with Gasteiger partial charge in [-0.15, -0.1) is 0 Å². The van der Waals surface area contributed by atoms with Crippen molar-refractivity contribution in [3.63, 3.8) is 0 Å². The average Bonchev–Trinajstić information content (AvgIpc) is 2.84. The molecule has 2 rings (SSSR count). The van der Waals surface area contributed by atoms with Crippen molar-refractivity contribution in [3.05, 3.63) is 17.7 Å². The first kappa shape index (κ1) is 10.1. The van der Waals surface area contributed by atoms with Crippen LogP contribution in [-0.4, -0.2) is 19.1 Å². The molecule has 5 nitrogen and oxygen atoms in total. The van der Waals surface area contributed by atoms with Crippen LogP contribution >= 0.6 is 11.5 Å². The summed E-state index contributed by atoms with van der Waals surface area (Å²) < 4.78 is 5.77. The van der Waals surface area contributed by atoms with Crippen LogP contribution in [0.15, 0.2) is 6.33 Å². The van der Waals surface area contributed by atoms with Crippen molar-refractivity contribution in [2.24, 2.45) is 0 Å². The lowest BCUT2D eigenvalue weighted by Gasteiger charge is -2.00. The van der Waals surface area contributed by atoms with Gasteiger partial charge in [0, 0.05) is 11.5 Å². The van der Waals surface area contributed by atoms with Crippen LogP contribution in [0, 0.1) is 0 Å². The standard InChI is InChI=1S/C9H13N5S/c1-3-6-8(10)7(4-2)14(13-6)9-11-5-12-15-9/h5H,3-4,10H2,1-2H3. The monoisotopic (exact) mass is 223 g/mol. The summed E-state index contributed by atoms with van der Waals surface area (Å²) in [4.78, 5) is 4.14. The molecule has 0 amide bonds. The largest absolute Gasteiger partial charge is 0.396 e. The molecular weight excluding hydrogens is 210 g/mol. The fraction of sp³-hybridized carbons (Fsp3) is 0.444. The van der Waals surface area contributed by atoms with Gasteiger partial charge in [-0.2, -0.15) is 9.47 Å². The Morgan fingerprint density at radius 2 is 2.20 bits per heavy atom. The second-order valence-corrected chi connectivity index (χ2v) is 3.91. The minimum absolute atomic E-state index is 0.776. The molecule has 0 aliphatic rings. The lowest BCUT2D eigenvalue weighted by Crippen LogP contribution is -2.01. The van der Waals surface area contributed by atoms with Gasteiger partial charge in [0.05, 0.1) is 17.1 Å². The van der Waals surface area contributed by atoms with Crippen LogP contribution in [0.4, 0.5) is 5.69 Å². The van der Waals surface area contributed by atoms with Crippen molar-refractivity contribution >= 4 is 17.2 Å². The van der Waals surface area contributed by atoms with E-state index in [9.17, 15) is 0 Å². The minimum Gasteiger partial charge on any atom is -0.396 e. The van der Waals surface area contributed by atoms with Crippen molar-refractivity contribution in [1.29, 1.82) is 0 Å². The number of anilines is 1. The van der Waals surface area contributed by atoms with Crippen LogP contribution < -0.4 is 5.73 Å². The van der Waals surface area contributed by atoms with Gasteiger partial charge in [0.15, 0.2) is 0 Å². The average molecular weight is 223 g/mol. The first-order chi connectivity index (χ1) is 7.27. The molecule has 80 valence electrons.